The van der Waals surface area contributed by atoms with E-state index in [9.17, 15) is 28.1 Å². The van der Waals surface area contributed by atoms with Crippen LogP contribution in [0.3, 0.4) is 0 Å². The fraction of sp³-hybridized carbons (Fsp3) is 0.292. The maximum atomic E-state index is 13.5. The molecule has 1 aliphatic rings. The van der Waals surface area contributed by atoms with E-state index in [1.165, 1.54) is 6.21 Å². The van der Waals surface area contributed by atoms with Crippen molar-refractivity contribution in [3.63, 3.8) is 0 Å². The highest BCUT2D eigenvalue weighted by molar-refractivity contribution is 5.94. The lowest BCUT2D eigenvalue weighted by Crippen LogP contribution is -2.12. The van der Waals surface area contributed by atoms with Gasteiger partial charge in [-0.15, -0.1) is 0 Å². The quantitative estimate of drug-likeness (QED) is 0.335. The molecule has 36 heavy (non-hydrogen) atoms. The minimum Gasteiger partial charge on any atom is -0.490 e. The highest BCUT2D eigenvalue weighted by atomic mass is 19.4. The van der Waals surface area contributed by atoms with Gasteiger partial charge in [0.15, 0.2) is 11.5 Å². The molecule has 1 aromatic heterocycles. The maximum Gasteiger partial charge on any atom is 0.417 e. The molecule has 1 amide bonds. The summed E-state index contributed by atoms with van der Waals surface area (Å²) in [5, 5.41) is 17.8. The molecule has 4 rings (SSSR count). The third-order valence-corrected chi connectivity index (χ3v) is 5.62. The number of ether oxygens (including phenoxy) is 2. The fourth-order valence-corrected chi connectivity index (χ4v) is 3.87. The van der Waals surface area contributed by atoms with Gasteiger partial charge in [0.1, 0.15) is 6.61 Å². The van der Waals surface area contributed by atoms with Crippen molar-refractivity contribution < 1.29 is 32.4 Å². The second-order valence-electron chi connectivity index (χ2n) is 8.09. The topological polar surface area (TPSA) is 120 Å². The molecule has 1 N–H and O–H groups in total. The van der Waals surface area contributed by atoms with Gasteiger partial charge in [-0.3, -0.25) is 20.0 Å². The van der Waals surface area contributed by atoms with Gasteiger partial charge >= 0.3 is 6.18 Å². The smallest absolute Gasteiger partial charge is 0.417 e. The number of carbonyl (C=O) groups excluding carboxylic acids is 1. The van der Waals surface area contributed by atoms with Gasteiger partial charge in [0.05, 0.1) is 35.2 Å². The SMILES string of the molecule is CCCOc1cc(C2CC(=O)N=Cc3[nH]ncc32)ccc1OCc1ccc([N+](=O)[O-])cc1C(F)(F)F. The van der Waals surface area contributed by atoms with E-state index in [1.54, 1.807) is 24.4 Å². The molecule has 12 heteroatoms. The number of hydrogen-bond donors (Lipinski definition) is 1. The number of carbonyl (C=O) groups is 1. The van der Waals surface area contributed by atoms with Crippen LogP contribution in [0, 0.1) is 10.1 Å². The van der Waals surface area contributed by atoms with Crippen LogP contribution in [0.5, 0.6) is 11.5 Å². The number of aromatic nitrogens is 2. The average molecular weight is 502 g/mol. The summed E-state index contributed by atoms with van der Waals surface area (Å²) in [5.74, 6) is -0.174. The van der Waals surface area contributed by atoms with Crippen LogP contribution in [0.25, 0.3) is 0 Å². The summed E-state index contributed by atoms with van der Waals surface area (Å²) >= 11 is 0. The number of hydrogen-bond acceptors (Lipinski definition) is 6. The maximum absolute atomic E-state index is 13.5. The zero-order chi connectivity index (χ0) is 25.9. The fourth-order valence-electron chi connectivity index (χ4n) is 3.87. The number of non-ortho nitro benzene ring substituents is 1. The van der Waals surface area contributed by atoms with E-state index in [4.69, 9.17) is 9.47 Å². The highest BCUT2D eigenvalue weighted by Crippen LogP contribution is 2.39. The lowest BCUT2D eigenvalue weighted by molar-refractivity contribution is -0.385. The minimum atomic E-state index is -4.80. The summed E-state index contributed by atoms with van der Waals surface area (Å²) in [6.07, 6.45) is -0.972. The van der Waals surface area contributed by atoms with Gasteiger partial charge < -0.3 is 9.47 Å². The zero-order valence-electron chi connectivity index (χ0n) is 19.0. The van der Waals surface area contributed by atoms with E-state index in [0.717, 1.165) is 23.3 Å². The van der Waals surface area contributed by atoms with Gasteiger partial charge in [-0.1, -0.05) is 13.0 Å². The van der Waals surface area contributed by atoms with E-state index in [-0.39, 0.29) is 29.6 Å². The molecule has 1 aliphatic heterocycles. The number of aliphatic imine (C=N–C) groups is 1. The second kappa shape index (κ2) is 10.2. The van der Waals surface area contributed by atoms with Gasteiger partial charge in [-0.05, 0) is 30.2 Å². The average Bonchev–Trinajstić information content (AvgIpc) is 3.25. The third kappa shape index (κ3) is 5.37. The predicted molar refractivity (Wildman–Crippen MR) is 122 cm³/mol. The summed E-state index contributed by atoms with van der Waals surface area (Å²) < 4.78 is 52.1. The van der Waals surface area contributed by atoms with Gasteiger partial charge in [0.2, 0.25) is 5.91 Å². The Morgan fingerprint density at radius 3 is 2.69 bits per heavy atom. The molecule has 0 saturated heterocycles. The zero-order valence-corrected chi connectivity index (χ0v) is 19.0. The predicted octanol–water partition coefficient (Wildman–Crippen LogP) is 5.19. The summed E-state index contributed by atoms with van der Waals surface area (Å²) in [6.45, 7) is 1.74. The monoisotopic (exact) mass is 502 g/mol. The van der Waals surface area contributed by atoms with Gasteiger partial charge in [-0.2, -0.15) is 18.3 Å². The molecular weight excluding hydrogens is 481 g/mol. The highest BCUT2D eigenvalue weighted by Gasteiger charge is 2.35. The molecule has 2 aromatic carbocycles. The van der Waals surface area contributed by atoms with Gasteiger partial charge in [0, 0.05) is 35.6 Å². The molecule has 9 nitrogen and oxygen atoms in total. The van der Waals surface area contributed by atoms with Crippen molar-refractivity contribution in [3.05, 3.63) is 80.7 Å². The van der Waals surface area contributed by atoms with Gasteiger partial charge in [0.25, 0.3) is 5.69 Å². The Bertz CT molecular complexity index is 1320. The van der Waals surface area contributed by atoms with Crippen LogP contribution >= 0.6 is 0 Å². The van der Waals surface area contributed by atoms with Crippen molar-refractivity contribution in [2.45, 2.75) is 38.5 Å². The second-order valence-corrected chi connectivity index (χ2v) is 8.09. The van der Waals surface area contributed by atoms with E-state index in [2.05, 4.69) is 15.2 Å². The molecule has 1 unspecified atom stereocenters. The van der Waals surface area contributed by atoms with Crippen LogP contribution in [0.2, 0.25) is 0 Å². The van der Waals surface area contributed by atoms with Crippen molar-refractivity contribution in [2.24, 2.45) is 4.99 Å². The Hall–Kier alpha value is -4.22. The molecule has 0 aliphatic carbocycles. The molecule has 0 bridgehead atoms. The molecule has 0 saturated carbocycles. The molecule has 3 aromatic rings. The Kier molecular flexibility index (Phi) is 7.04. The number of nitrogens with one attached hydrogen (secondary N) is 1. The van der Waals surface area contributed by atoms with Crippen LogP contribution in [-0.4, -0.2) is 33.8 Å². The number of nitro groups is 1. The minimum absolute atomic E-state index is 0.105. The molecule has 0 radical (unpaired) electrons. The first-order valence-corrected chi connectivity index (χ1v) is 11.0. The van der Waals surface area contributed by atoms with Crippen molar-refractivity contribution in [1.82, 2.24) is 10.2 Å². The normalized spacial score (nSPS) is 15.3. The Labute approximate surface area is 203 Å². The number of rotatable bonds is 8. The van der Waals surface area contributed by atoms with Crippen LogP contribution in [0.15, 0.2) is 47.6 Å². The van der Waals surface area contributed by atoms with Crippen LogP contribution in [-0.2, 0) is 17.6 Å². The van der Waals surface area contributed by atoms with E-state index < -0.39 is 29.0 Å². The molecule has 1 atom stereocenters. The van der Waals surface area contributed by atoms with Crippen LogP contribution in [0.1, 0.15) is 53.6 Å². The van der Waals surface area contributed by atoms with Crippen LogP contribution in [0.4, 0.5) is 18.9 Å². The first-order valence-electron chi connectivity index (χ1n) is 11.0. The van der Waals surface area contributed by atoms with Gasteiger partial charge in [-0.25, -0.2) is 4.99 Å². The number of amides is 1. The summed E-state index contributed by atoms with van der Waals surface area (Å²) in [7, 11) is 0. The number of nitrogens with zero attached hydrogens (tertiary/aromatic N) is 3. The third-order valence-electron chi connectivity index (χ3n) is 5.62. The lowest BCUT2D eigenvalue weighted by Gasteiger charge is -2.19. The standard InChI is InChI=1S/C24H21F3N4O5/c1-2-7-35-22-8-14(17-10-23(32)28-12-20-18(17)11-29-30-20)4-6-21(22)36-13-15-3-5-16(31(33)34)9-19(15)24(25,26)27/h3-6,8-9,11-12,17H,2,7,10,13H2,1H3,(H,29,30). The number of alkyl halides is 3. The lowest BCUT2D eigenvalue weighted by atomic mass is 9.89. The van der Waals surface area contributed by atoms with Crippen molar-refractivity contribution in [2.75, 3.05) is 6.61 Å². The van der Waals surface area contributed by atoms with Crippen molar-refractivity contribution >= 4 is 17.8 Å². The van der Waals surface area contributed by atoms with Crippen molar-refractivity contribution in [3.8, 4) is 11.5 Å². The van der Waals surface area contributed by atoms with Crippen molar-refractivity contribution in [1.29, 1.82) is 0 Å². The molecule has 0 spiro atoms. The number of nitro benzene ring substituents is 1. The van der Waals surface area contributed by atoms with E-state index in [1.807, 2.05) is 6.92 Å². The number of aromatic amines is 1. The molecule has 188 valence electrons. The summed E-state index contributed by atoms with van der Waals surface area (Å²) in [6, 6.07) is 7.47. The first-order chi connectivity index (χ1) is 17.2. The molecule has 2 heterocycles. The van der Waals surface area contributed by atoms with E-state index in [0.29, 0.717) is 30.5 Å². The Morgan fingerprint density at radius 2 is 1.97 bits per heavy atom. The van der Waals surface area contributed by atoms with E-state index >= 15 is 0 Å². The summed E-state index contributed by atoms with van der Waals surface area (Å²) in [5.41, 5.74) is 0.0478. The molecule has 0 fully saturated rings. The Morgan fingerprint density at radius 1 is 1.17 bits per heavy atom. The summed E-state index contributed by atoms with van der Waals surface area (Å²) in [4.78, 5) is 26.1. The number of fused-ring (bicyclic) bond motifs is 1. The molecular formula is C24H21F3N4O5. The number of H-pyrrole nitrogens is 1. The Balaban J connectivity index is 1.64. The first kappa shape index (κ1) is 24.9. The number of benzene rings is 2. The largest absolute Gasteiger partial charge is 0.490 e. The number of halogens is 3. The van der Waals surface area contributed by atoms with Crippen LogP contribution < -0.4 is 9.47 Å².